The van der Waals surface area contributed by atoms with Crippen LogP contribution in [0.25, 0.3) is 0 Å². The molecule has 8 heteroatoms. The molecule has 0 spiro atoms. The summed E-state index contributed by atoms with van der Waals surface area (Å²) in [5, 5.41) is 18.3. The number of nitrogens with zero attached hydrogens (tertiary/aromatic N) is 2. The molecular weight excluding hydrogens is 330 g/mol. The van der Waals surface area contributed by atoms with Gasteiger partial charge < -0.3 is 15.2 Å². The van der Waals surface area contributed by atoms with Gasteiger partial charge in [-0.05, 0) is 36.3 Å². The Morgan fingerprint density at radius 1 is 1.54 bits per heavy atom. The molecule has 128 valence electrons. The number of methoxy groups -OCH3 is 1. The minimum atomic E-state index is -1.08. The highest BCUT2D eigenvalue weighted by Crippen LogP contribution is 2.29. The van der Waals surface area contributed by atoms with E-state index in [1.807, 2.05) is 10.9 Å². The second kappa shape index (κ2) is 7.14. The number of aromatic carboxylic acids is 1. The highest BCUT2D eigenvalue weighted by molar-refractivity contribution is 7.12. The Kier molecular flexibility index (Phi) is 4.96. The SMILES string of the molecule is COCCn1cc2c(n1)C(NC(=O)c1ccsc1C(=O)O)CCC2. The average molecular weight is 349 g/mol. The average Bonchev–Trinajstić information content (AvgIpc) is 3.20. The van der Waals surface area contributed by atoms with Crippen LogP contribution in [0, 0.1) is 0 Å². The molecular formula is C16H19N3O4S. The fourth-order valence-electron chi connectivity index (χ4n) is 2.93. The number of rotatable bonds is 6. The van der Waals surface area contributed by atoms with Crippen LogP contribution in [0.4, 0.5) is 0 Å². The number of aryl methyl sites for hydroxylation is 1. The van der Waals surface area contributed by atoms with E-state index in [1.165, 1.54) is 0 Å². The van der Waals surface area contributed by atoms with Crippen molar-refractivity contribution in [3.63, 3.8) is 0 Å². The molecule has 3 rings (SSSR count). The number of aromatic nitrogens is 2. The molecule has 24 heavy (non-hydrogen) atoms. The lowest BCUT2D eigenvalue weighted by atomic mass is 9.93. The van der Waals surface area contributed by atoms with Crippen LogP contribution in [0.5, 0.6) is 0 Å². The van der Waals surface area contributed by atoms with Gasteiger partial charge in [-0.2, -0.15) is 5.10 Å². The lowest BCUT2D eigenvalue weighted by Gasteiger charge is -2.22. The number of carbonyl (C=O) groups is 2. The van der Waals surface area contributed by atoms with Crippen molar-refractivity contribution < 1.29 is 19.4 Å². The van der Waals surface area contributed by atoms with Crippen molar-refractivity contribution in [2.24, 2.45) is 0 Å². The number of carboxylic acid groups (broad SMARTS) is 1. The van der Waals surface area contributed by atoms with Crippen LogP contribution in [-0.2, 0) is 17.7 Å². The van der Waals surface area contributed by atoms with E-state index in [9.17, 15) is 9.59 Å². The Labute approximate surface area is 143 Å². The molecule has 1 amide bonds. The minimum absolute atomic E-state index is 0.0640. The number of fused-ring (bicyclic) bond motifs is 1. The van der Waals surface area contributed by atoms with E-state index in [4.69, 9.17) is 9.84 Å². The summed E-state index contributed by atoms with van der Waals surface area (Å²) < 4.78 is 6.91. The first kappa shape index (κ1) is 16.7. The van der Waals surface area contributed by atoms with Crippen LogP contribution >= 0.6 is 11.3 Å². The molecule has 2 aromatic heterocycles. The van der Waals surface area contributed by atoms with Gasteiger partial charge in [0.25, 0.3) is 5.91 Å². The van der Waals surface area contributed by atoms with E-state index in [2.05, 4.69) is 10.4 Å². The summed E-state index contributed by atoms with van der Waals surface area (Å²) in [7, 11) is 1.65. The van der Waals surface area contributed by atoms with Gasteiger partial charge in [-0.3, -0.25) is 9.48 Å². The first-order chi connectivity index (χ1) is 11.6. The van der Waals surface area contributed by atoms with Gasteiger partial charge in [-0.25, -0.2) is 4.79 Å². The molecule has 2 heterocycles. The zero-order valence-corrected chi connectivity index (χ0v) is 14.1. The maximum Gasteiger partial charge on any atom is 0.346 e. The summed E-state index contributed by atoms with van der Waals surface area (Å²) in [4.78, 5) is 23.7. The molecule has 0 bridgehead atoms. The van der Waals surface area contributed by atoms with Gasteiger partial charge in [0.1, 0.15) is 4.88 Å². The van der Waals surface area contributed by atoms with Gasteiger partial charge >= 0.3 is 5.97 Å². The second-order valence-electron chi connectivity index (χ2n) is 5.68. The normalized spacial score (nSPS) is 16.6. The number of carboxylic acids is 1. The Hall–Kier alpha value is -2.19. The summed E-state index contributed by atoms with van der Waals surface area (Å²) >= 11 is 1.05. The molecule has 0 radical (unpaired) electrons. The molecule has 0 aliphatic heterocycles. The number of hydrogen-bond acceptors (Lipinski definition) is 5. The summed E-state index contributed by atoms with van der Waals surface area (Å²) in [5.74, 6) is -1.44. The smallest absolute Gasteiger partial charge is 0.346 e. The molecule has 0 aromatic carbocycles. The highest BCUT2D eigenvalue weighted by atomic mass is 32.1. The zero-order valence-electron chi connectivity index (χ0n) is 13.3. The first-order valence-corrected chi connectivity index (χ1v) is 8.65. The zero-order chi connectivity index (χ0) is 17.1. The van der Waals surface area contributed by atoms with Gasteiger partial charge in [0, 0.05) is 13.3 Å². The van der Waals surface area contributed by atoms with E-state index in [1.54, 1.807) is 18.6 Å². The monoisotopic (exact) mass is 349 g/mol. The third-order valence-corrected chi connectivity index (χ3v) is 4.98. The van der Waals surface area contributed by atoms with Crippen LogP contribution in [0.2, 0.25) is 0 Å². The summed E-state index contributed by atoms with van der Waals surface area (Å²) in [6, 6.07) is 1.36. The third kappa shape index (κ3) is 3.34. The lowest BCUT2D eigenvalue weighted by Crippen LogP contribution is -2.31. The van der Waals surface area contributed by atoms with Crippen molar-refractivity contribution in [2.75, 3.05) is 13.7 Å². The molecule has 2 aromatic rings. The number of amides is 1. The molecule has 1 unspecified atom stereocenters. The molecule has 1 aliphatic carbocycles. The Bertz CT molecular complexity index is 752. The molecule has 0 fully saturated rings. The van der Waals surface area contributed by atoms with Crippen molar-refractivity contribution in [1.29, 1.82) is 0 Å². The van der Waals surface area contributed by atoms with Gasteiger partial charge in [-0.15, -0.1) is 11.3 Å². The molecule has 7 nitrogen and oxygen atoms in total. The molecule has 0 saturated carbocycles. The fourth-order valence-corrected chi connectivity index (χ4v) is 3.66. The van der Waals surface area contributed by atoms with Gasteiger partial charge in [0.15, 0.2) is 0 Å². The topological polar surface area (TPSA) is 93.5 Å². The van der Waals surface area contributed by atoms with E-state index < -0.39 is 5.97 Å². The Balaban J connectivity index is 1.77. The number of thiophene rings is 1. The predicted molar refractivity (Wildman–Crippen MR) is 88.5 cm³/mol. The fraction of sp³-hybridized carbons (Fsp3) is 0.438. The minimum Gasteiger partial charge on any atom is -0.477 e. The predicted octanol–water partition coefficient (Wildman–Crippen LogP) is 2.10. The summed E-state index contributed by atoms with van der Waals surface area (Å²) in [6.07, 6.45) is 4.70. The van der Waals surface area contributed by atoms with Gasteiger partial charge in [-0.1, -0.05) is 0 Å². The summed E-state index contributed by atoms with van der Waals surface area (Å²) in [6.45, 7) is 1.24. The van der Waals surface area contributed by atoms with E-state index >= 15 is 0 Å². The van der Waals surface area contributed by atoms with E-state index in [-0.39, 0.29) is 22.4 Å². The maximum atomic E-state index is 12.5. The van der Waals surface area contributed by atoms with E-state index in [0.29, 0.717) is 13.2 Å². The standard InChI is InChI=1S/C16H19N3O4S/c1-23-7-6-19-9-10-3-2-4-12(13(10)18-19)17-15(20)11-5-8-24-14(11)16(21)22/h5,8-9,12H,2-4,6-7H2,1H3,(H,17,20)(H,21,22). The Morgan fingerprint density at radius 2 is 2.38 bits per heavy atom. The lowest BCUT2D eigenvalue weighted by molar-refractivity contribution is 0.0696. The largest absolute Gasteiger partial charge is 0.477 e. The van der Waals surface area contributed by atoms with Crippen LogP contribution < -0.4 is 5.32 Å². The Morgan fingerprint density at radius 3 is 3.12 bits per heavy atom. The number of carbonyl (C=O) groups excluding carboxylic acids is 1. The van der Waals surface area contributed by atoms with Crippen LogP contribution in [0.3, 0.4) is 0 Å². The molecule has 0 saturated heterocycles. The van der Waals surface area contributed by atoms with Crippen LogP contribution in [-0.4, -0.2) is 40.5 Å². The number of ether oxygens (including phenoxy) is 1. The summed E-state index contributed by atoms with van der Waals surface area (Å²) in [5.41, 5.74) is 2.21. The van der Waals surface area contributed by atoms with Crippen LogP contribution in [0.1, 0.15) is 50.2 Å². The van der Waals surface area contributed by atoms with Gasteiger partial charge in [0.2, 0.25) is 0 Å². The highest BCUT2D eigenvalue weighted by Gasteiger charge is 2.27. The first-order valence-electron chi connectivity index (χ1n) is 7.77. The number of hydrogen-bond donors (Lipinski definition) is 2. The third-order valence-electron chi connectivity index (χ3n) is 4.07. The van der Waals surface area contributed by atoms with Crippen molar-refractivity contribution in [1.82, 2.24) is 15.1 Å². The van der Waals surface area contributed by atoms with E-state index in [0.717, 1.165) is 41.9 Å². The second-order valence-corrected chi connectivity index (χ2v) is 6.60. The molecule has 2 N–H and O–H groups in total. The molecule has 1 aliphatic rings. The van der Waals surface area contributed by atoms with Crippen molar-refractivity contribution >= 4 is 23.2 Å². The van der Waals surface area contributed by atoms with Gasteiger partial charge in [0.05, 0.1) is 30.5 Å². The number of nitrogens with one attached hydrogen (secondary N) is 1. The van der Waals surface area contributed by atoms with Crippen molar-refractivity contribution in [2.45, 2.75) is 31.8 Å². The molecule has 1 atom stereocenters. The quantitative estimate of drug-likeness (QED) is 0.833. The van der Waals surface area contributed by atoms with Crippen LogP contribution in [0.15, 0.2) is 17.6 Å². The van der Waals surface area contributed by atoms with Crippen molar-refractivity contribution in [3.8, 4) is 0 Å². The van der Waals surface area contributed by atoms with Crippen molar-refractivity contribution in [3.05, 3.63) is 39.3 Å². The maximum absolute atomic E-state index is 12.5.